The summed E-state index contributed by atoms with van der Waals surface area (Å²) in [7, 11) is 0. The molecule has 0 rings (SSSR count). The van der Waals surface area contributed by atoms with Crippen LogP contribution in [0.15, 0.2) is 36.5 Å². The Kier molecular flexibility index (Phi) is 66.9. The maximum Gasteiger partial charge on any atom is 0.305 e. The van der Waals surface area contributed by atoms with Crippen LogP contribution in [0.25, 0.3) is 0 Å². The van der Waals surface area contributed by atoms with Crippen molar-refractivity contribution in [1.82, 2.24) is 5.32 Å². The molecule has 6 nitrogen and oxygen atoms in total. The molecule has 0 aliphatic heterocycles. The van der Waals surface area contributed by atoms with Crippen LogP contribution in [0.2, 0.25) is 0 Å². The van der Waals surface area contributed by atoms with Gasteiger partial charge in [0.25, 0.3) is 0 Å². The van der Waals surface area contributed by atoms with Crippen molar-refractivity contribution in [2.24, 2.45) is 0 Å². The van der Waals surface area contributed by atoms with Crippen molar-refractivity contribution >= 4 is 11.9 Å². The zero-order valence-electron chi connectivity index (χ0n) is 53.4. The van der Waals surface area contributed by atoms with Crippen molar-refractivity contribution in [2.45, 2.75) is 405 Å². The van der Waals surface area contributed by atoms with E-state index in [-0.39, 0.29) is 18.5 Å². The van der Waals surface area contributed by atoms with Gasteiger partial charge in [0, 0.05) is 12.8 Å². The Morgan fingerprint density at radius 2 is 0.633 bits per heavy atom. The van der Waals surface area contributed by atoms with Crippen LogP contribution in [0.1, 0.15) is 393 Å². The standard InChI is InChI=1S/C73H139NO5/c1-3-5-7-9-11-13-15-17-19-20-21-22-25-28-31-34-38-41-45-49-53-57-61-65-71(76)70(69-75)74-72(77)66-62-58-54-50-46-42-39-35-32-29-26-23-24-27-30-33-36-40-44-48-52-56-60-64-68-79-73(78)67-63-59-55-51-47-43-37-18-16-14-12-10-8-6-4-2/h12,14,18,37,61,65,70-71,75-76H,3-11,13,15-17,19-36,38-60,62-64,66-69H2,1-2H3,(H,74,77)/b14-12-,37-18-,65-61+. The van der Waals surface area contributed by atoms with E-state index in [2.05, 4.69) is 43.5 Å². The van der Waals surface area contributed by atoms with Gasteiger partial charge in [-0.05, 0) is 64.2 Å². The molecule has 0 aromatic heterocycles. The predicted molar refractivity (Wildman–Crippen MR) is 347 cm³/mol. The van der Waals surface area contributed by atoms with Gasteiger partial charge in [0.05, 0.1) is 25.4 Å². The highest BCUT2D eigenvalue weighted by Gasteiger charge is 2.18. The summed E-state index contributed by atoms with van der Waals surface area (Å²) in [4.78, 5) is 24.6. The second kappa shape index (κ2) is 68.6. The molecule has 2 unspecified atom stereocenters. The molecule has 0 saturated carbocycles. The van der Waals surface area contributed by atoms with E-state index in [1.807, 2.05) is 6.08 Å². The van der Waals surface area contributed by atoms with E-state index in [9.17, 15) is 19.8 Å². The van der Waals surface area contributed by atoms with Gasteiger partial charge in [0.1, 0.15) is 0 Å². The third-order valence-electron chi connectivity index (χ3n) is 16.7. The lowest BCUT2D eigenvalue weighted by Gasteiger charge is -2.20. The van der Waals surface area contributed by atoms with Gasteiger partial charge in [0.2, 0.25) is 5.91 Å². The SMILES string of the molecule is CCCCC/C=C\C/C=C\CCCCCCCC(=O)OCCCCCCCCCCCCCCCCCCCCCCCCCCC(=O)NC(CO)C(O)/C=C/CCCCCCCCCCCCCCCCCCCCCCC. The van der Waals surface area contributed by atoms with E-state index in [1.54, 1.807) is 6.08 Å². The number of hydrogen-bond donors (Lipinski definition) is 3. The van der Waals surface area contributed by atoms with Gasteiger partial charge in [-0.1, -0.05) is 352 Å². The second-order valence-electron chi connectivity index (χ2n) is 24.6. The third-order valence-corrected chi connectivity index (χ3v) is 16.7. The van der Waals surface area contributed by atoms with Crippen molar-refractivity contribution in [3.05, 3.63) is 36.5 Å². The predicted octanol–water partition coefficient (Wildman–Crippen LogP) is 23.1. The fourth-order valence-electron chi connectivity index (χ4n) is 11.2. The number of ether oxygens (including phenoxy) is 1. The number of aliphatic hydroxyl groups is 2. The highest BCUT2D eigenvalue weighted by atomic mass is 16.5. The van der Waals surface area contributed by atoms with E-state index < -0.39 is 12.1 Å². The van der Waals surface area contributed by atoms with Crippen LogP contribution in [0, 0.1) is 0 Å². The molecule has 466 valence electrons. The number of aliphatic hydroxyl groups excluding tert-OH is 2. The lowest BCUT2D eigenvalue weighted by Crippen LogP contribution is -2.45. The van der Waals surface area contributed by atoms with Crippen LogP contribution in [-0.4, -0.2) is 47.4 Å². The molecule has 0 bridgehead atoms. The van der Waals surface area contributed by atoms with E-state index >= 15 is 0 Å². The Morgan fingerprint density at radius 1 is 0.354 bits per heavy atom. The molecule has 0 radical (unpaired) electrons. The van der Waals surface area contributed by atoms with Crippen LogP contribution >= 0.6 is 0 Å². The molecular formula is C73H139NO5. The summed E-state index contributed by atoms with van der Waals surface area (Å²) >= 11 is 0. The van der Waals surface area contributed by atoms with Crippen LogP contribution in [0.5, 0.6) is 0 Å². The fourth-order valence-corrected chi connectivity index (χ4v) is 11.2. The van der Waals surface area contributed by atoms with Gasteiger partial charge >= 0.3 is 5.97 Å². The van der Waals surface area contributed by atoms with Gasteiger partial charge in [-0.15, -0.1) is 0 Å². The van der Waals surface area contributed by atoms with Crippen molar-refractivity contribution in [3.63, 3.8) is 0 Å². The number of carbonyl (C=O) groups excluding carboxylic acids is 2. The van der Waals surface area contributed by atoms with Crippen LogP contribution < -0.4 is 5.32 Å². The molecule has 1 amide bonds. The Hall–Kier alpha value is -1.92. The van der Waals surface area contributed by atoms with Gasteiger partial charge in [-0.2, -0.15) is 0 Å². The van der Waals surface area contributed by atoms with E-state index in [1.165, 1.54) is 315 Å². The number of carbonyl (C=O) groups is 2. The molecule has 0 spiro atoms. The van der Waals surface area contributed by atoms with Crippen molar-refractivity contribution in [3.8, 4) is 0 Å². The average molecular weight is 1110 g/mol. The highest BCUT2D eigenvalue weighted by Crippen LogP contribution is 2.19. The number of esters is 1. The molecule has 0 aromatic carbocycles. The first-order chi connectivity index (χ1) is 39.0. The minimum absolute atomic E-state index is 0.00152. The summed E-state index contributed by atoms with van der Waals surface area (Å²) in [5.74, 6) is -0.0614. The van der Waals surface area contributed by atoms with E-state index in [4.69, 9.17) is 4.74 Å². The van der Waals surface area contributed by atoms with Crippen LogP contribution in [-0.2, 0) is 14.3 Å². The third kappa shape index (κ3) is 65.1. The van der Waals surface area contributed by atoms with Crippen LogP contribution in [0.3, 0.4) is 0 Å². The van der Waals surface area contributed by atoms with E-state index in [0.29, 0.717) is 19.4 Å². The maximum absolute atomic E-state index is 12.5. The monoisotopic (exact) mass is 1110 g/mol. The number of amides is 1. The molecule has 79 heavy (non-hydrogen) atoms. The van der Waals surface area contributed by atoms with Crippen molar-refractivity contribution in [2.75, 3.05) is 13.2 Å². The quantitative estimate of drug-likeness (QED) is 0.0320. The van der Waals surface area contributed by atoms with Gasteiger partial charge in [0.15, 0.2) is 0 Å². The molecule has 0 aliphatic carbocycles. The first-order valence-electron chi connectivity index (χ1n) is 35.8. The number of nitrogens with one attached hydrogen (secondary N) is 1. The van der Waals surface area contributed by atoms with Gasteiger partial charge in [-0.25, -0.2) is 0 Å². The Balaban J connectivity index is 3.40. The van der Waals surface area contributed by atoms with Gasteiger partial charge in [-0.3, -0.25) is 9.59 Å². The molecule has 6 heteroatoms. The number of rotatable bonds is 67. The first kappa shape index (κ1) is 77.1. The second-order valence-corrected chi connectivity index (χ2v) is 24.6. The molecule has 0 fully saturated rings. The molecule has 2 atom stereocenters. The summed E-state index contributed by atoms with van der Waals surface area (Å²) in [6.07, 6.45) is 87.9. The zero-order valence-corrected chi connectivity index (χ0v) is 53.4. The fraction of sp³-hybridized carbons (Fsp3) is 0.890. The van der Waals surface area contributed by atoms with Crippen molar-refractivity contribution < 1.29 is 24.5 Å². The van der Waals surface area contributed by atoms with E-state index in [0.717, 1.165) is 51.4 Å². The highest BCUT2D eigenvalue weighted by molar-refractivity contribution is 5.76. The maximum atomic E-state index is 12.5. The molecule has 0 heterocycles. The number of hydrogen-bond acceptors (Lipinski definition) is 5. The minimum atomic E-state index is -0.845. The average Bonchev–Trinajstić information content (AvgIpc) is 3.45. The largest absolute Gasteiger partial charge is 0.466 e. The number of unbranched alkanes of at least 4 members (excludes halogenated alkanes) is 52. The summed E-state index contributed by atoms with van der Waals surface area (Å²) in [6.45, 7) is 4.91. The first-order valence-corrected chi connectivity index (χ1v) is 35.8. The number of allylic oxidation sites excluding steroid dienone is 5. The summed E-state index contributed by atoms with van der Waals surface area (Å²) < 4.78 is 5.49. The van der Waals surface area contributed by atoms with Crippen molar-refractivity contribution in [1.29, 1.82) is 0 Å². The molecule has 0 aromatic rings. The summed E-state index contributed by atoms with van der Waals surface area (Å²) in [5, 5.41) is 23.3. The Bertz CT molecular complexity index is 1280. The van der Waals surface area contributed by atoms with Gasteiger partial charge < -0.3 is 20.3 Å². The smallest absolute Gasteiger partial charge is 0.305 e. The molecule has 3 N–H and O–H groups in total. The van der Waals surface area contributed by atoms with Crippen LogP contribution in [0.4, 0.5) is 0 Å². The summed E-state index contributed by atoms with van der Waals surface area (Å²) in [5.41, 5.74) is 0. The Labute approximate surface area is 494 Å². The lowest BCUT2D eigenvalue weighted by atomic mass is 10.0. The summed E-state index contributed by atoms with van der Waals surface area (Å²) in [6, 6.07) is -0.629. The molecule has 0 saturated heterocycles. The minimum Gasteiger partial charge on any atom is -0.466 e. The Morgan fingerprint density at radius 3 is 0.987 bits per heavy atom. The molecule has 0 aliphatic rings. The normalized spacial score (nSPS) is 12.7. The lowest BCUT2D eigenvalue weighted by molar-refractivity contribution is -0.143. The topological polar surface area (TPSA) is 95.9 Å². The molecular weight excluding hydrogens is 971 g/mol. The zero-order chi connectivity index (χ0) is 57.1.